The number of nitrogens with zero attached hydrogens (tertiary/aromatic N) is 2. The Bertz CT molecular complexity index is 415. The average molecular weight is 264 g/mol. The van der Waals surface area contributed by atoms with Crippen LogP contribution in [0, 0.1) is 0 Å². The lowest BCUT2D eigenvalue weighted by atomic mass is 10.1. The van der Waals surface area contributed by atoms with E-state index in [1.165, 1.54) is 12.6 Å². The fourth-order valence-corrected chi connectivity index (χ4v) is 2.14. The fourth-order valence-electron chi connectivity index (χ4n) is 2.14. The number of aromatic nitrogens is 1. The number of anilines is 1. The van der Waals surface area contributed by atoms with Gasteiger partial charge in [-0.3, -0.25) is 10.6 Å². The van der Waals surface area contributed by atoms with E-state index < -0.39 is 0 Å². The molecule has 0 bridgehead atoms. The predicted molar refractivity (Wildman–Crippen MR) is 72.6 cm³/mol. The van der Waals surface area contributed by atoms with Gasteiger partial charge in [0.05, 0.1) is 18.0 Å². The van der Waals surface area contributed by atoms with Crippen molar-refractivity contribution in [3.63, 3.8) is 0 Å². The first kappa shape index (κ1) is 13.8. The van der Waals surface area contributed by atoms with Gasteiger partial charge >= 0.3 is 0 Å². The molecule has 0 aliphatic carbocycles. The number of likely N-dealkylation sites (N-methyl/N-ethyl adjacent to an activating group) is 1. The molecule has 6 heteroatoms. The van der Waals surface area contributed by atoms with Gasteiger partial charge < -0.3 is 15.1 Å². The van der Waals surface area contributed by atoms with Crippen LogP contribution in [0.2, 0.25) is 0 Å². The van der Waals surface area contributed by atoms with Gasteiger partial charge in [0.2, 0.25) is 0 Å². The SMILES string of the molecule is CN(CC1CCCCO1)C(=O)c1ccc(NN)cn1. The van der Waals surface area contributed by atoms with Crippen LogP contribution < -0.4 is 11.3 Å². The van der Waals surface area contributed by atoms with E-state index in [0.717, 1.165) is 19.4 Å². The fraction of sp³-hybridized carbons (Fsp3) is 0.538. The molecule has 2 rings (SSSR count). The largest absolute Gasteiger partial charge is 0.376 e. The number of carbonyl (C=O) groups is 1. The van der Waals surface area contributed by atoms with Crippen molar-refractivity contribution in [1.82, 2.24) is 9.88 Å². The summed E-state index contributed by atoms with van der Waals surface area (Å²) in [5, 5.41) is 0. The third-order valence-electron chi connectivity index (χ3n) is 3.25. The molecule has 0 saturated carbocycles. The number of amides is 1. The molecule has 1 aliphatic rings. The van der Waals surface area contributed by atoms with E-state index in [-0.39, 0.29) is 12.0 Å². The number of pyridine rings is 1. The van der Waals surface area contributed by atoms with Crippen molar-refractivity contribution in [2.75, 3.05) is 25.6 Å². The average Bonchev–Trinajstić information content (AvgIpc) is 2.47. The van der Waals surface area contributed by atoms with Crippen molar-refractivity contribution in [3.05, 3.63) is 24.0 Å². The van der Waals surface area contributed by atoms with Crippen molar-refractivity contribution in [3.8, 4) is 0 Å². The smallest absolute Gasteiger partial charge is 0.272 e. The van der Waals surface area contributed by atoms with E-state index in [1.54, 1.807) is 24.1 Å². The molecule has 104 valence electrons. The molecule has 1 fully saturated rings. The van der Waals surface area contributed by atoms with Crippen LogP contribution >= 0.6 is 0 Å². The minimum Gasteiger partial charge on any atom is -0.376 e. The zero-order valence-electron chi connectivity index (χ0n) is 11.1. The lowest BCUT2D eigenvalue weighted by molar-refractivity contribution is -0.000289. The molecule has 0 spiro atoms. The first-order valence-electron chi connectivity index (χ1n) is 6.50. The molecule has 0 radical (unpaired) electrons. The maximum atomic E-state index is 12.2. The summed E-state index contributed by atoms with van der Waals surface area (Å²) in [6, 6.07) is 3.39. The van der Waals surface area contributed by atoms with Gasteiger partial charge in [0.25, 0.3) is 5.91 Å². The molecular formula is C13H20N4O2. The highest BCUT2D eigenvalue weighted by Crippen LogP contribution is 2.14. The Balaban J connectivity index is 1.93. The van der Waals surface area contributed by atoms with Gasteiger partial charge in [0, 0.05) is 20.2 Å². The number of nitrogens with two attached hydrogens (primary N) is 1. The van der Waals surface area contributed by atoms with Gasteiger partial charge in [0.15, 0.2) is 0 Å². The van der Waals surface area contributed by atoms with Crippen LogP contribution in [-0.2, 0) is 4.74 Å². The molecule has 1 aromatic heterocycles. The third-order valence-corrected chi connectivity index (χ3v) is 3.25. The number of rotatable bonds is 4. The number of hydrazine groups is 1. The Labute approximate surface area is 112 Å². The third kappa shape index (κ3) is 3.65. The molecule has 2 heterocycles. The summed E-state index contributed by atoms with van der Waals surface area (Å²) in [7, 11) is 1.77. The van der Waals surface area contributed by atoms with E-state index >= 15 is 0 Å². The number of hydrogen-bond acceptors (Lipinski definition) is 5. The van der Waals surface area contributed by atoms with Crippen LogP contribution in [0.25, 0.3) is 0 Å². The lowest BCUT2D eigenvalue weighted by Gasteiger charge is -2.27. The first-order chi connectivity index (χ1) is 9.20. The Morgan fingerprint density at radius 1 is 1.58 bits per heavy atom. The number of ether oxygens (including phenoxy) is 1. The minimum atomic E-state index is -0.0993. The van der Waals surface area contributed by atoms with Crippen LogP contribution in [0.5, 0.6) is 0 Å². The second-order valence-corrected chi connectivity index (χ2v) is 4.75. The standard InChI is InChI=1S/C13H20N4O2/c1-17(9-11-4-2-3-7-19-11)13(18)12-6-5-10(16-14)8-15-12/h5-6,8,11,16H,2-4,7,9,14H2,1H3. The highest BCUT2D eigenvalue weighted by atomic mass is 16.5. The van der Waals surface area contributed by atoms with E-state index in [4.69, 9.17) is 10.6 Å². The number of carbonyl (C=O) groups excluding carboxylic acids is 1. The molecule has 1 unspecified atom stereocenters. The van der Waals surface area contributed by atoms with Gasteiger partial charge in [-0.2, -0.15) is 0 Å². The first-order valence-corrected chi connectivity index (χ1v) is 6.50. The van der Waals surface area contributed by atoms with Gasteiger partial charge in [-0.25, -0.2) is 4.98 Å². The predicted octanol–water partition coefficient (Wildman–Crippen LogP) is 1.01. The summed E-state index contributed by atoms with van der Waals surface area (Å²) in [5.41, 5.74) is 3.57. The molecule has 0 aromatic carbocycles. The van der Waals surface area contributed by atoms with Crippen molar-refractivity contribution < 1.29 is 9.53 Å². The molecule has 1 saturated heterocycles. The van der Waals surface area contributed by atoms with E-state index in [2.05, 4.69) is 10.4 Å². The molecule has 19 heavy (non-hydrogen) atoms. The van der Waals surface area contributed by atoms with Gasteiger partial charge in [-0.1, -0.05) is 0 Å². The summed E-state index contributed by atoms with van der Waals surface area (Å²) < 4.78 is 5.63. The summed E-state index contributed by atoms with van der Waals surface area (Å²) in [5.74, 6) is 5.16. The zero-order valence-corrected chi connectivity index (χ0v) is 11.1. The zero-order chi connectivity index (χ0) is 13.7. The van der Waals surface area contributed by atoms with Crippen molar-refractivity contribution in [2.45, 2.75) is 25.4 Å². The molecular weight excluding hydrogens is 244 g/mol. The molecule has 1 aromatic rings. The molecule has 6 nitrogen and oxygen atoms in total. The maximum Gasteiger partial charge on any atom is 0.272 e. The summed E-state index contributed by atoms with van der Waals surface area (Å²) in [6.45, 7) is 1.40. The summed E-state index contributed by atoms with van der Waals surface area (Å²) in [4.78, 5) is 17.9. The Hall–Kier alpha value is -1.66. The minimum absolute atomic E-state index is 0.0993. The van der Waals surface area contributed by atoms with Crippen molar-refractivity contribution in [2.24, 2.45) is 5.84 Å². The van der Waals surface area contributed by atoms with E-state index in [9.17, 15) is 4.79 Å². The quantitative estimate of drug-likeness (QED) is 0.626. The summed E-state index contributed by atoms with van der Waals surface area (Å²) in [6.07, 6.45) is 4.98. The maximum absolute atomic E-state index is 12.2. The number of nitrogens with one attached hydrogen (secondary N) is 1. The number of nitrogen functional groups attached to an aromatic ring is 1. The van der Waals surface area contributed by atoms with Crippen LogP contribution in [0.15, 0.2) is 18.3 Å². The molecule has 1 atom stereocenters. The normalized spacial score (nSPS) is 18.9. The van der Waals surface area contributed by atoms with E-state index in [0.29, 0.717) is 17.9 Å². The van der Waals surface area contributed by atoms with Gasteiger partial charge in [-0.15, -0.1) is 0 Å². The Morgan fingerprint density at radius 2 is 2.42 bits per heavy atom. The van der Waals surface area contributed by atoms with Crippen LogP contribution in [-0.4, -0.2) is 42.1 Å². The highest BCUT2D eigenvalue weighted by Gasteiger charge is 2.20. The second-order valence-electron chi connectivity index (χ2n) is 4.75. The van der Waals surface area contributed by atoms with Gasteiger partial charge in [0.1, 0.15) is 5.69 Å². The Morgan fingerprint density at radius 3 is 3.00 bits per heavy atom. The van der Waals surface area contributed by atoms with Gasteiger partial charge in [-0.05, 0) is 31.4 Å². The van der Waals surface area contributed by atoms with Crippen LogP contribution in [0.4, 0.5) is 5.69 Å². The van der Waals surface area contributed by atoms with E-state index in [1.807, 2.05) is 0 Å². The molecule has 3 N–H and O–H groups in total. The highest BCUT2D eigenvalue weighted by molar-refractivity contribution is 5.92. The molecule has 1 amide bonds. The van der Waals surface area contributed by atoms with Crippen LogP contribution in [0.1, 0.15) is 29.8 Å². The topological polar surface area (TPSA) is 80.5 Å². The monoisotopic (exact) mass is 264 g/mol. The summed E-state index contributed by atoms with van der Waals surface area (Å²) >= 11 is 0. The second kappa shape index (κ2) is 6.49. The molecule has 1 aliphatic heterocycles. The number of hydrogen-bond donors (Lipinski definition) is 2. The van der Waals surface area contributed by atoms with Crippen molar-refractivity contribution >= 4 is 11.6 Å². The van der Waals surface area contributed by atoms with Crippen molar-refractivity contribution in [1.29, 1.82) is 0 Å². The lowest BCUT2D eigenvalue weighted by Crippen LogP contribution is -2.37. The Kier molecular flexibility index (Phi) is 4.70. The van der Waals surface area contributed by atoms with Crippen LogP contribution in [0.3, 0.4) is 0 Å².